The molecule has 0 saturated heterocycles. The molecule has 0 aliphatic rings. The van der Waals surface area contributed by atoms with Gasteiger partial charge < -0.3 is 15.2 Å². The predicted molar refractivity (Wildman–Crippen MR) is 57.4 cm³/mol. The number of ether oxygens (including phenoxy) is 2. The van der Waals surface area contributed by atoms with E-state index in [1.165, 1.54) is 13.2 Å². The Balaban J connectivity index is 3.02. The Morgan fingerprint density at radius 2 is 2.12 bits per heavy atom. The lowest BCUT2D eigenvalue weighted by molar-refractivity contribution is 0.0799. The maximum absolute atomic E-state index is 12.0. The molecule has 1 aromatic rings. The average molecular weight is 252 g/mol. The summed E-state index contributed by atoms with van der Waals surface area (Å²) < 4.78 is 34.0. The van der Waals surface area contributed by atoms with Gasteiger partial charge in [0.2, 0.25) is 0 Å². The fourth-order valence-corrected chi connectivity index (χ4v) is 1.47. The van der Waals surface area contributed by atoms with Gasteiger partial charge in [-0.2, -0.15) is 0 Å². The highest BCUT2D eigenvalue weighted by atomic mass is 35.5. The van der Waals surface area contributed by atoms with Crippen LogP contribution in [0.4, 0.5) is 8.78 Å². The van der Waals surface area contributed by atoms with E-state index in [0.717, 1.165) is 0 Å². The minimum Gasteiger partial charge on any atom is -0.493 e. The van der Waals surface area contributed by atoms with Crippen molar-refractivity contribution in [2.24, 2.45) is 5.73 Å². The Labute approximate surface area is 97.1 Å². The van der Waals surface area contributed by atoms with E-state index in [-0.39, 0.29) is 12.3 Å². The molecule has 1 rings (SSSR count). The van der Waals surface area contributed by atoms with Gasteiger partial charge in [-0.05, 0) is 6.07 Å². The van der Waals surface area contributed by atoms with Crippen molar-refractivity contribution in [3.63, 3.8) is 0 Å². The smallest absolute Gasteiger partial charge is 0.272 e. The maximum atomic E-state index is 12.0. The molecule has 0 aromatic heterocycles. The third-order valence-electron chi connectivity index (χ3n) is 1.89. The van der Waals surface area contributed by atoms with Crippen molar-refractivity contribution in [1.82, 2.24) is 0 Å². The highest BCUT2D eigenvalue weighted by Crippen LogP contribution is 2.34. The van der Waals surface area contributed by atoms with Crippen LogP contribution in [0.2, 0.25) is 5.02 Å². The normalized spacial score (nSPS) is 10.6. The van der Waals surface area contributed by atoms with E-state index in [1.807, 2.05) is 0 Å². The van der Waals surface area contributed by atoms with E-state index in [9.17, 15) is 8.78 Å². The summed E-state index contributed by atoms with van der Waals surface area (Å²) in [4.78, 5) is 0. The molecule has 0 aliphatic carbocycles. The number of methoxy groups -OCH3 is 1. The second kappa shape index (κ2) is 5.86. The third-order valence-corrected chi connectivity index (χ3v) is 2.11. The molecule has 0 aliphatic heterocycles. The van der Waals surface area contributed by atoms with Crippen molar-refractivity contribution in [3.05, 3.63) is 22.7 Å². The van der Waals surface area contributed by atoms with Crippen molar-refractivity contribution in [2.45, 2.75) is 13.0 Å². The average Bonchev–Trinajstić information content (AvgIpc) is 2.25. The number of hydrogen-bond donors (Lipinski definition) is 1. The van der Waals surface area contributed by atoms with E-state index < -0.39 is 13.0 Å². The summed E-state index contributed by atoms with van der Waals surface area (Å²) >= 11 is 5.80. The van der Waals surface area contributed by atoms with Crippen LogP contribution in [0, 0.1) is 0 Å². The zero-order chi connectivity index (χ0) is 12.1. The summed E-state index contributed by atoms with van der Waals surface area (Å²) in [7, 11) is 1.40. The van der Waals surface area contributed by atoms with Crippen molar-refractivity contribution >= 4 is 11.6 Å². The Hall–Kier alpha value is -1.07. The monoisotopic (exact) mass is 251 g/mol. The van der Waals surface area contributed by atoms with E-state index in [1.54, 1.807) is 6.07 Å². The van der Waals surface area contributed by atoms with Gasteiger partial charge in [0.05, 0.1) is 7.11 Å². The van der Waals surface area contributed by atoms with Crippen LogP contribution < -0.4 is 15.2 Å². The number of nitrogens with two attached hydrogens (primary N) is 1. The fourth-order valence-electron chi connectivity index (χ4n) is 1.24. The van der Waals surface area contributed by atoms with E-state index >= 15 is 0 Å². The molecule has 2 N–H and O–H groups in total. The Bertz CT molecular complexity index is 336. The standard InChI is InChI=1S/C10H12ClF2NO2/c1-15-8-3-7(11)2-6(4-14)10(8)16-5-9(12)13/h2-3,9H,4-5,14H2,1H3. The molecule has 0 saturated carbocycles. The zero-order valence-corrected chi connectivity index (χ0v) is 9.43. The number of alkyl halides is 2. The van der Waals surface area contributed by atoms with Crippen LogP contribution in [0.25, 0.3) is 0 Å². The van der Waals surface area contributed by atoms with Crippen LogP contribution in [0.1, 0.15) is 5.56 Å². The first-order valence-corrected chi connectivity index (χ1v) is 4.93. The molecule has 0 bridgehead atoms. The summed E-state index contributed by atoms with van der Waals surface area (Å²) in [5.41, 5.74) is 6.00. The van der Waals surface area contributed by atoms with Crippen LogP contribution in [0.15, 0.2) is 12.1 Å². The summed E-state index contributed by atoms with van der Waals surface area (Å²) in [5, 5.41) is 0.418. The van der Waals surface area contributed by atoms with Crippen molar-refractivity contribution in [1.29, 1.82) is 0 Å². The summed E-state index contributed by atoms with van der Waals surface area (Å²) in [5.74, 6) is 0.517. The minimum absolute atomic E-state index is 0.134. The molecule has 0 amide bonds. The van der Waals surface area contributed by atoms with Crippen LogP contribution in [-0.2, 0) is 6.54 Å². The molecule has 6 heteroatoms. The van der Waals surface area contributed by atoms with E-state index in [4.69, 9.17) is 26.8 Å². The number of hydrogen-bond acceptors (Lipinski definition) is 3. The fraction of sp³-hybridized carbons (Fsp3) is 0.400. The molecule has 16 heavy (non-hydrogen) atoms. The number of halogens is 3. The first-order valence-electron chi connectivity index (χ1n) is 4.56. The largest absolute Gasteiger partial charge is 0.493 e. The Kier molecular flexibility index (Phi) is 4.76. The molecule has 90 valence electrons. The molecule has 0 radical (unpaired) electrons. The van der Waals surface area contributed by atoms with Gasteiger partial charge in [0, 0.05) is 23.2 Å². The van der Waals surface area contributed by atoms with Gasteiger partial charge in [-0.3, -0.25) is 0 Å². The molecule has 0 atom stereocenters. The highest BCUT2D eigenvalue weighted by molar-refractivity contribution is 6.30. The second-order valence-corrected chi connectivity index (χ2v) is 3.44. The molecule has 1 aromatic carbocycles. The van der Waals surface area contributed by atoms with Crippen molar-refractivity contribution in [3.8, 4) is 11.5 Å². The predicted octanol–water partition coefficient (Wildman–Crippen LogP) is 2.45. The molecule has 0 heterocycles. The number of rotatable bonds is 5. The number of benzene rings is 1. The molecule has 3 nitrogen and oxygen atoms in total. The van der Waals surface area contributed by atoms with Gasteiger partial charge >= 0.3 is 0 Å². The van der Waals surface area contributed by atoms with Gasteiger partial charge in [0.1, 0.15) is 6.61 Å². The lowest BCUT2D eigenvalue weighted by atomic mass is 10.2. The molecule has 0 unspecified atom stereocenters. The summed E-state index contributed by atoms with van der Waals surface area (Å²) in [6, 6.07) is 3.05. The SMILES string of the molecule is COc1cc(Cl)cc(CN)c1OCC(F)F. The van der Waals surface area contributed by atoms with Gasteiger partial charge in [-0.1, -0.05) is 11.6 Å². The van der Waals surface area contributed by atoms with E-state index in [0.29, 0.717) is 16.3 Å². The maximum Gasteiger partial charge on any atom is 0.272 e. The van der Waals surface area contributed by atoms with Gasteiger partial charge in [0.15, 0.2) is 11.5 Å². The van der Waals surface area contributed by atoms with Crippen molar-refractivity contribution < 1.29 is 18.3 Å². The quantitative estimate of drug-likeness (QED) is 0.874. The first kappa shape index (κ1) is 13.0. The van der Waals surface area contributed by atoms with Gasteiger partial charge in [0.25, 0.3) is 6.43 Å². The van der Waals surface area contributed by atoms with Gasteiger partial charge in [-0.15, -0.1) is 0 Å². The zero-order valence-electron chi connectivity index (χ0n) is 8.67. The second-order valence-electron chi connectivity index (χ2n) is 3.00. The molecular weight excluding hydrogens is 240 g/mol. The van der Waals surface area contributed by atoms with Crippen LogP contribution >= 0.6 is 11.6 Å². The van der Waals surface area contributed by atoms with Gasteiger partial charge in [-0.25, -0.2) is 8.78 Å². The first-order chi connectivity index (χ1) is 7.58. The third kappa shape index (κ3) is 3.21. The van der Waals surface area contributed by atoms with Crippen LogP contribution in [-0.4, -0.2) is 20.1 Å². The van der Waals surface area contributed by atoms with Crippen LogP contribution in [0.5, 0.6) is 11.5 Å². The molecule has 0 spiro atoms. The van der Waals surface area contributed by atoms with E-state index in [2.05, 4.69) is 0 Å². The molecular formula is C10H12ClF2NO2. The lowest BCUT2D eigenvalue weighted by Crippen LogP contribution is -2.10. The topological polar surface area (TPSA) is 44.5 Å². The van der Waals surface area contributed by atoms with Crippen molar-refractivity contribution in [2.75, 3.05) is 13.7 Å². The minimum atomic E-state index is -2.55. The van der Waals surface area contributed by atoms with Crippen LogP contribution in [0.3, 0.4) is 0 Å². The molecule has 0 fully saturated rings. The Morgan fingerprint density at radius 3 is 2.62 bits per heavy atom. The summed E-state index contributed by atoms with van der Waals surface area (Å²) in [6.07, 6.45) is -2.55. The Morgan fingerprint density at radius 1 is 1.44 bits per heavy atom. The summed E-state index contributed by atoms with van der Waals surface area (Å²) in [6.45, 7) is -0.569. The highest BCUT2D eigenvalue weighted by Gasteiger charge is 2.14. The lowest BCUT2D eigenvalue weighted by Gasteiger charge is -2.14.